The molecular formula is C27H23BrN2O4. The molecule has 6 nitrogen and oxygen atoms in total. The van der Waals surface area contributed by atoms with Gasteiger partial charge in [-0.25, -0.2) is 9.69 Å². The molecule has 0 spiro atoms. The highest BCUT2D eigenvalue weighted by atomic mass is 79.9. The van der Waals surface area contributed by atoms with Gasteiger partial charge in [0.1, 0.15) is 17.9 Å². The van der Waals surface area contributed by atoms with E-state index in [1.54, 1.807) is 43.3 Å². The Morgan fingerprint density at radius 2 is 1.65 bits per heavy atom. The van der Waals surface area contributed by atoms with Crippen LogP contribution >= 0.6 is 15.9 Å². The van der Waals surface area contributed by atoms with Crippen LogP contribution in [-0.4, -0.2) is 17.8 Å². The zero-order valence-corrected chi connectivity index (χ0v) is 20.6. The molecule has 1 N–H and O–H groups in total. The second-order valence-corrected chi connectivity index (χ2v) is 9.13. The smallest absolute Gasteiger partial charge is 0.335 e. The number of imide groups is 2. The molecule has 0 aliphatic carbocycles. The molecule has 1 aliphatic heterocycles. The predicted molar refractivity (Wildman–Crippen MR) is 135 cm³/mol. The maximum atomic E-state index is 13.3. The number of hydrogen-bond donors (Lipinski definition) is 1. The number of aryl methyl sites for hydroxylation is 3. The number of carbonyl (C=O) groups is 3. The van der Waals surface area contributed by atoms with Gasteiger partial charge >= 0.3 is 6.03 Å². The minimum absolute atomic E-state index is 0.149. The lowest BCUT2D eigenvalue weighted by Gasteiger charge is -2.27. The minimum atomic E-state index is -0.781. The number of anilines is 1. The fraction of sp³-hybridized carbons (Fsp3) is 0.148. The van der Waals surface area contributed by atoms with E-state index in [2.05, 4.69) is 39.4 Å². The second-order valence-electron chi connectivity index (χ2n) is 8.21. The molecule has 7 heteroatoms. The Hall–Kier alpha value is -3.71. The van der Waals surface area contributed by atoms with Gasteiger partial charge in [0.05, 0.1) is 5.69 Å². The molecular weight excluding hydrogens is 496 g/mol. The van der Waals surface area contributed by atoms with E-state index in [0.717, 1.165) is 26.1 Å². The van der Waals surface area contributed by atoms with Crippen LogP contribution in [-0.2, 0) is 16.2 Å². The number of amides is 4. The van der Waals surface area contributed by atoms with Gasteiger partial charge in [-0.2, -0.15) is 0 Å². The molecule has 0 saturated carbocycles. The molecule has 3 aromatic carbocycles. The van der Waals surface area contributed by atoms with E-state index >= 15 is 0 Å². The fourth-order valence-corrected chi connectivity index (χ4v) is 4.42. The SMILES string of the molecule is Cc1cc(C)cc(COc2ccccc2/C=C2/C(=O)NC(=O)N(c3ccc(Br)cc3C)C2=O)c1. The number of para-hydroxylation sites is 1. The first-order valence-corrected chi connectivity index (χ1v) is 11.5. The molecule has 0 bridgehead atoms. The summed E-state index contributed by atoms with van der Waals surface area (Å²) < 4.78 is 6.86. The standard InChI is InChI=1S/C27H23BrN2O4/c1-16-10-17(2)12-19(11-16)15-34-24-7-5-4-6-20(24)14-22-25(31)29-27(33)30(26(22)32)23-9-8-21(28)13-18(23)3/h4-14H,15H2,1-3H3,(H,29,31,33)/b22-14-. The molecule has 1 aliphatic rings. The van der Waals surface area contributed by atoms with Crippen molar-refractivity contribution >= 4 is 45.5 Å². The van der Waals surface area contributed by atoms with E-state index in [-0.39, 0.29) is 5.57 Å². The molecule has 3 aromatic rings. The van der Waals surface area contributed by atoms with Crippen LogP contribution in [0.4, 0.5) is 10.5 Å². The number of urea groups is 1. The molecule has 0 radical (unpaired) electrons. The first-order valence-electron chi connectivity index (χ1n) is 10.7. The van der Waals surface area contributed by atoms with Crippen molar-refractivity contribution in [3.05, 3.63) is 98.5 Å². The lowest BCUT2D eigenvalue weighted by atomic mass is 10.0. The molecule has 1 fully saturated rings. The predicted octanol–water partition coefficient (Wildman–Crippen LogP) is 5.62. The average molecular weight is 519 g/mol. The molecule has 1 saturated heterocycles. The third-order valence-corrected chi connectivity index (χ3v) is 5.89. The lowest BCUT2D eigenvalue weighted by molar-refractivity contribution is -0.122. The van der Waals surface area contributed by atoms with Crippen molar-refractivity contribution in [2.24, 2.45) is 0 Å². The van der Waals surface area contributed by atoms with E-state index in [1.165, 1.54) is 6.08 Å². The van der Waals surface area contributed by atoms with Gasteiger partial charge in [0.15, 0.2) is 0 Å². The van der Waals surface area contributed by atoms with Gasteiger partial charge in [-0.3, -0.25) is 14.9 Å². The number of benzene rings is 3. The Labute approximate surface area is 206 Å². The Morgan fingerprint density at radius 3 is 2.35 bits per heavy atom. The summed E-state index contributed by atoms with van der Waals surface area (Å²) in [6, 6.07) is 17.8. The highest BCUT2D eigenvalue weighted by molar-refractivity contribution is 9.10. The Morgan fingerprint density at radius 1 is 0.941 bits per heavy atom. The molecule has 34 heavy (non-hydrogen) atoms. The van der Waals surface area contributed by atoms with Crippen LogP contribution in [0.25, 0.3) is 6.08 Å². The minimum Gasteiger partial charge on any atom is -0.488 e. The number of barbiturate groups is 1. The molecule has 4 rings (SSSR count). The van der Waals surface area contributed by atoms with Crippen molar-refractivity contribution in [1.29, 1.82) is 0 Å². The van der Waals surface area contributed by atoms with Gasteiger partial charge in [-0.1, -0.05) is 63.5 Å². The number of carbonyl (C=O) groups excluding carboxylic acids is 3. The van der Waals surface area contributed by atoms with Crippen LogP contribution in [0.5, 0.6) is 5.75 Å². The van der Waals surface area contributed by atoms with Crippen LogP contribution in [0.2, 0.25) is 0 Å². The number of rotatable bonds is 5. The van der Waals surface area contributed by atoms with Crippen molar-refractivity contribution in [3.63, 3.8) is 0 Å². The molecule has 0 aromatic heterocycles. The van der Waals surface area contributed by atoms with Crippen molar-refractivity contribution < 1.29 is 19.1 Å². The summed E-state index contributed by atoms with van der Waals surface area (Å²) in [5.74, 6) is -0.911. The van der Waals surface area contributed by atoms with Gasteiger partial charge in [0.25, 0.3) is 11.8 Å². The summed E-state index contributed by atoms with van der Waals surface area (Å²) in [5.41, 5.74) is 4.84. The Bertz CT molecular complexity index is 1330. The van der Waals surface area contributed by atoms with Gasteiger partial charge in [-0.05, 0) is 62.2 Å². The molecule has 0 atom stereocenters. The Balaban J connectivity index is 1.65. The van der Waals surface area contributed by atoms with E-state index in [9.17, 15) is 14.4 Å². The topological polar surface area (TPSA) is 75.7 Å². The maximum Gasteiger partial charge on any atom is 0.335 e. The van der Waals surface area contributed by atoms with Crippen molar-refractivity contribution in [1.82, 2.24) is 5.32 Å². The van der Waals surface area contributed by atoms with Gasteiger partial charge < -0.3 is 4.74 Å². The molecule has 0 unspecified atom stereocenters. The third-order valence-electron chi connectivity index (χ3n) is 5.40. The van der Waals surface area contributed by atoms with Gasteiger partial charge in [0, 0.05) is 10.0 Å². The van der Waals surface area contributed by atoms with E-state index in [4.69, 9.17) is 4.74 Å². The number of halogens is 1. The summed E-state index contributed by atoms with van der Waals surface area (Å²) in [7, 11) is 0. The summed E-state index contributed by atoms with van der Waals surface area (Å²) in [6.45, 7) is 6.19. The highest BCUT2D eigenvalue weighted by Crippen LogP contribution is 2.29. The first kappa shape index (κ1) is 23.4. The third kappa shape index (κ3) is 4.94. The monoisotopic (exact) mass is 518 g/mol. The van der Waals surface area contributed by atoms with E-state index in [1.807, 2.05) is 19.9 Å². The van der Waals surface area contributed by atoms with Crippen LogP contribution in [0.3, 0.4) is 0 Å². The number of ether oxygens (including phenoxy) is 1. The van der Waals surface area contributed by atoms with Gasteiger partial charge in [0.2, 0.25) is 0 Å². The molecule has 1 heterocycles. The van der Waals surface area contributed by atoms with Crippen LogP contribution in [0.15, 0.2) is 70.7 Å². The normalized spacial score (nSPS) is 15.0. The summed E-state index contributed by atoms with van der Waals surface area (Å²) >= 11 is 3.38. The van der Waals surface area contributed by atoms with Crippen LogP contribution in [0, 0.1) is 20.8 Å². The zero-order valence-electron chi connectivity index (χ0n) is 19.0. The maximum absolute atomic E-state index is 13.3. The highest BCUT2D eigenvalue weighted by Gasteiger charge is 2.37. The van der Waals surface area contributed by atoms with Gasteiger partial charge in [-0.15, -0.1) is 0 Å². The number of nitrogens with zero attached hydrogens (tertiary/aromatic N) is 1. The first-order chi connectivity index (χ1) is 16.2. The van der Waals surface area contributed by atoms with Crippen LogP contribution < -0.4 is 15.0 Å². The van der Waals surface area contributed by atoms with Crippen molar-refractivity contribution in [2.75, 3.05) is 4.90 Å². The fourth-order valence-electron chi connectivity index (χ4n) is 3.95. The largest absolute Gasteiger partial charge is 0.488 e. The number of nitrogens with one attached hydrogen (secondary N) is 1. The summed E-state index contributed by atoms with van der Waals surface area (Å²) in [6.07, 6.45) is 1.46. The van der Waals surface area contributed by atoms with Crippen molar-refractivity contribution in [3.8, 4) is 5.75 Å². The number of hydrogen-bond acceptors (Lipinski definition) is 4. The quantitative estimate of drug-likeness (QED) is 0.351. The molecule has 172 valence electrons. The average Bonchev–Trinajstić information content (AvgIpc) is 2.76. The Kier molecular flexibility index (Phi) is 6.65. The zero-order chi connectivity index (χ0) is 24.4. The lowest BCUT2D eigenvalue weighted by Crippen LogP contribution is -2.54. The van der Waals surface area contributed by atoms with E-state index in [0.29, 0.717) is 29.2 Å². The van der Waals surface area contributed by atoms with Crippen molar-refractivity contribution in [2.45, 2.75) is 27.4 Å². The summed E-state index contributed by atoms with van der Waals surface area (Å²) in [5, 5.41) is 2.27. The second kappa shape index (κ2) is 9.65. The van der Waals surface area contributed by atoms with E-state index < -0.39 is 17.8 Å². The molecule has 4 amide bonds. The summed E-state index contributed by atoms with van der Waals surface area (Å²) in [4.78, 5) is 39.4. The van der Waals surface area contributed by atoms with Crippen LogP contribution in [0.1, 0.15) is 27.8 Å².